The minimum atomic E-state index is -0.476. The van der Waals surface area contributed by atoms with Crippen molar-refractivity contribution in [3.05, 3.63) is 35.4 Å². The molecule has 0 unspecified atom stereocenters. The van der Waals surface area contributed by atoms with Crippen LogP contribution in [0.25, 0.3) is 0 Å². The second-order valence-electron chi connectivity index (χ2n) is 5.30. The number of hydrogen-bond donors (Lipinski definition) is 1. The van der Waals surface area contributed by atoms with E-state index in [4.69, 9.17) is 16.3 Å². The van der Waals surface area contributed by atoms with Gasteiger partial charge in [0.05, 0.1) is 17.2 Å². The Morgan fingerprint density at radius 1 is 1.14 bits per heavy atom. The number of nitrogens with one attached hydrogen (secondary N) is 1. The summed E-state index contributed by atoms with van der Waals surface area (Å²) >= 11 is 5.77. The number of carbonyl (C=O) groups excluding carboxylic acids is 3. The average molecular weight is 323 g/mol. The van der Waals surface area contributed by atoms with Gasteiger partial charge in [0.1, 0.15) is 6.10 Å². The van der Waals surface area contributed by atoms with E-state index in [2.05, 4.69) is 5.32 Å². The molecule has 0 bridgehead atoms. The van der Waals surface area contributed by atoms with Crippen molar-refractivity contribution in [3.63, 3.8) is 0 Å². The maximum Gasteiger partial charge on any atom is 0.407 e. The van der Waals surface area contributed by atoms with Gasteiger partial charge in [0, 0.05) is 12.4 Å². The number of amides is 3. The molecular weight excluding hydrogens is 308 g/mol. The van der Waals surface area contributed by atoms with Crippen LogP contribution in [0, 0.1) is 0 Å². The Morgan fingerprint density at radius 2 is 1.77 bits per heavy atom. The number of rotatable bonds is 5. The molecule has 2 heterocycles. The Bertz CT molecular complexity index is 599. The van der Waals surface area contributed by atoms with Gasteiger partial charge < -0.3 is 10.1 Å². The number of ether oxygens (including phenoxy) is 1. The summed E-state index contributed by atoms with van der Waals surface area (Å²) in [7, 11) is 0. The number of carbonyl (C=O) groups is 3. The number of halogens is 1. The van der Waals surface area contributed by atoms with Gasteiger partial charge in [0.15, 0.2) is 0 Å². The Morgan fingerprint density at radius 3 is 2.36 bits per heavy atom. The highest BCUT2D eigenvalue weighted by atomic mass is 35.5. The molecule has 0 radical (unpaired) electrons. The van der Waals surface area contributed by atoms with E-state index in [1.807, 2.05) is 0 Å². The Hall–Kier alpha value is -2.08. The smallest absolute Gasteiger partial charge is 0.407 e. The van der Waals surface area contributed by atoms with Gasteiger partial charge in [-0.1, -0.05) is 12.1 Å². The SMILES string of the molecule is O=C1N[C@H](CCl)[C@@H](CCCN2C(=O)c3ccccc3C2=O)O1. The van der Waals surface area contributed by atoms with E-state index in [-0.39, 0.29) is 29.8 Å². The second kappa shape index (κ2) is 5.96. The van der Waals surface area contributed by atoms with Crippen molar-refractivity contribution < 1.29 is 19.1 Å². The number of fused-ring (bicyclic) bond motifs is 1. The van der Waals surface area contributed by atoms with Crippen LogP contribution < -0.4 is 5.32 Å². The molecule has 3 rings (SSSR count). The van der Waals surface area contributed by atoms with Gasteiger partial charge in [-0.15, -0.1) is 11.6 Å². The van der Waals surface area contributed by atoms with Crippen LogP contribution in [0.3, 0.4) is 0 Å². The molecule has 1 aromatic rings. The fourth-order valence-corrected chi connectivity index (χ4v) is 3.06. The standard InChI is InChI=1S/C15H15ClN2O4/c16-8-11-12(22-15(21)17-11)6-3-7-18-13(19)9-4-1-2-5-10(9)14(18)20/h1-2,4-5,11-12H,3,6-8H2,(H,17,21)/t11-,12-/m1/s1. The molecule has 0 aliphatic carbocycles. The first kappa shape index (κ1) is 14.8. The molecule has 3 amide bonds. The first-order valence-corrected chi connectivity index (χ1v) is 7.63. The molecule has 0 saturated carbocycles. The Labute approximate surface area is 132 Å². The van der Waals surface area contributed by atoms with Crippen LogP contribution in [0.2, 0.25) is 0 Å². The lowest BCUT2D eigenvalue weighted by molar-refractivity contribution is 0.0639. The molecule has 7 heteroatoms. The molecule has 2 aliphatic rings. The lowest BCUT2D eigenvalue weighted by Gasteiger charge is -2.17. The van der Waals surface area contributed by atoms with Gasteiger partial charge in [0.2, 0.25) is 0 Å². The third-order valence-corrected chi connectivity index (χ3v) is 4.26. The fraction of sp³-hybridized carbons (Fsp3) is 0.400. The quantitative estimate of drug-likeness (QED) is 0.662. The monoisotopic (exact) mass is 322 g/mol. The molecule has 2 atom stereocenters. The number of cyclic esters (lactones) is 1. The van der Waals surface area contributed by atoms with Crippen molar-refractivity contribution in [1.82, 2.24) is 10.2 Å². The highest BCUT2D eigenvalue weighted by Crippen LogP contribution is 2.23. The van der Waals surface area contributed by atoms with Crippen LogP contribution in [0.1, 0.15) is 33.6 Å². The number of alkyl carbamates (subject to hydrolysis) is 1. The van der Waals surface area contributed by atoms with Gasteiger partial charge in [-0.25, -0.2) is 4.79 Å². The summed E-state index contributed by atoms with van der Waals surface area (Å²) in [5.74, 6) is -0.268. The van der Waals surface area contributed by atoms with Crippen molar-refractivity contribution in [1.29, 1.82) is 0 Å². The first-order valence-electron chi connectivity index (χ1n) is 7.10. The molecule has 116 valence electrons. The van der Waals surface area contributed by atoms with Gasteiger partial charge >= 0.3 is 6.09 Å². The number of benzene rings is 1. The first-order chi connectivity index (χ1) is 10.6. The Balaban J connectivity index is 1.58. The summed E-state index contributed by atoms with van der Waals surface area (Å²) in [6, 6.07) is 6.56. The highest BCUT2D eigenvalue weighted by Gasteiger charge is 2.36. The topological polar surface area (TPSA) is 75.7 Å². The van der Waals surface area contributed by atoms with Gasteiger partial charge in [-0.3, -0.25) is 14.5 Å². The van der Waals surface area contributed by atoms with Crippen LogP contribution in [0.5, 0.6) is 0 Å². The zero-order valence-corrected chi connectivity index (χ0v) is 12.5. The van der Waals surface area contributed by atoms with E-state index in [0.29, 0.717) is 30.5 Å². The van der Waals surface area contributed by atoms with Crippen LogP contribution in [0.15, 0.2) is 24.3 Å². The minimum Gasteiger partial charge on any atom is -0.444 e. The molecule has 1 fully saturated rings. The summed E-state index contributed by atoms with van der Waals surface area (Å²) < 4.78 is 5.12. The van der Waals surface area contributed by atoms with Crippen LogP contribution >= 0.6 is 11.6 Å². The van der Waals surface area contributed by atoms with Crippen LogP contribution in [-0.2, 0) is 4.74 Å². The fourth-order valence-electron chi connectivity index (χ4n) is 2.79. The predicted molar refractivity (Wildman–Crippen MR) is 79.0 cm³/mol. The zero-order chi connectivity index (χ0) is 15.7. The average Bonchev–Trinajstić information content (AvgIpc) is 3.00. The van der Waals surface area contributed by atoms with Gasteiger partial charge in [-0.2, -0.15) is 0 Å². The van der Waals surface area contributed by atoms with E-state index in [9.17, 15) is 14.4 Å². The largest absolute Gasteiger partial charge is 0.444 e. The molecule has 0 aromatic heterocycles. The molecule has 1 N–H and O–H groups in total. The van der Waals surface area contributed by atoms with Crippen LogP contribution in [-0.4, -0.2) is 47.4 Å². The lowest BCUT2D eigenvalue weighted by Crippen LogP contribution is -2.35. The molecular formula is C15H15ClN2O4. The summed E-state index contributed by atoms with van der Waals surface area (Å²) in [5, 5.41) is 2.62. The number of alkyl halides is 1. The molecule has 1 aromatic carbocycles. The van der Waals surface area contributed by atoms with E-state index >= 15 is 0 Å². The van der Waals surface area contributed by atoms with Gasteiger partial charge in [0.25, 0.3) is 11.8 Å². The molecule has 0 spiro atoms. The van der Waals surface area contributed by atoms with Crippen molar-refractivity contribution in [3.8, 4) is 0 Å². The summed E-state index contributed by atoms with van der Waals surface area (Å²) in [6.07, 6.45) is 0.304. The van der Waals surface area contributed by atoms with Gasteiger partial charge in [-0.05, 0) is 25.0 Å². The predicted octanol–water partition coefficient (Wildman–Crippen LogP) is 1.78. The van der Waals surface area contributed by atoms with E-state index in [0.717, 1.165) is 0 Å². The van der Waals surface area contributed by atoms with Crippen molar-refractivity contribution in [2.75, 3.05) is 12.4 Å². The van der Waals surface area contributed by atoms with Crippen molar-refractivity contribution >= 4 is 29.5 Å². The summed E-state index contributed by atoms with van der Waals surface area (Å²) in [5.41, 5.74) is 0.889. The third-order valence-electron chi connectivity index (χ3n) is 3.93. The normalized spacial score (nSPS) is 23.5. The zero-order valence-electron chi connectivity index (χ0n) is 11.8. The van der Waals surface area contributed by atoms with Crippen LogP contribution in [0.4, 0.5) is 4.79 Å². The van der Waals surface area contributed by atoms with Crippen molar-refractivity contribution in [2.45, 2.75) is 25.0 Å². The van der Waals surface area contributed by atoms with E-state index in [1.165, 1.54) is 4.90 Å². The highest BCUT2D eigenvalue weighted by molar-refractivity contribution is 6.21. The second-order valence-corrected chi connectivity index (χ2v) is 5.61. The lowest BCUT2D eigenvalue weighted by atomic mass is 10.1. The number of hydrogen-bond acceptors (Lipinski definition) is 4. The molecule has 6 nitrogen and oxygen atoms in total. The number of nitrogens with zero attached hydrogens (tertiary/aromatic N) is 1. The molecule has 22 heavy (non-hydrogen) atoms. The number of imide groups is 1. The maximum atomic E-state index is 12.2. The molecule has 1 saturated heterocycles. The van der Waals surface area contributed by atoms with E-state index < -0.39 is 6.09 Å². The third kappa shape index (κ3) is 2.54. The maximum absolute atomic E-state index is 12.2. The van der Waals surface area contributed by atoms with E-state index in [1.54, 1.807) is 24.3 Å². The summed E-state index contributed by atoms with van der Waals surface area (Å²) in [6.45, 7) is 0.301. The van der Waals surface area contributed by atoms with Crippen molar-refractivity contribution in [2.24, 2.45) is 0 Å². The molecule has 2 aliphatic heterocycles. The summed E-state index contributed by atoms with van der Waals surface area (Å²) in [4.78, 5) is 36.8. The Kier molecular flexibility index (Phi) is 4.02. The minimum absolute atomic E-state index is 0.226.